The first kappa shape index (κ1) is 88.2. The van der Waals surface area contributed by atoms with Gasteiger partial charge in [0.05, 0.1) is 19.1 Å². The Morgan fingerprint density at radius 2 is 1.02 bits per heavy atom. The quantitative estimate of drug-likeness (QED) is 0.0653. The Balaban J connectivity index is 1.98. The minimum atomic E-state index is -1.64. The number of hydrogen-bond donors (Lipinski definition) is 6. The van der Waals surface area contributed by atoms with E-state index in [2.05, 4.69) is 21.3 Å². The Labute approximate surface area is 614 Å². The molecule has 102 heavy (non-hydrogen) atoms. The van der Waals surface area contributed by atoms with Gasteiger partial charge in [-0.15, -0.1) is 11.6 Å². The van der Waals surface area contributed by atoms with Gasteiger partial charge in [0.15, 0.2) is 0 Å². The van der Waals surface area contributed by atoms with Crippen molar-refractivity contribution >= 4 is 82.5 Å². The fourth-order valence-electron chi connectivity index (χ4n) is 14.9. The van der Waals surface area contributed by atoms with Gasteiger partial charge in [-0.1, -0.05) is 107 Å². The second-order valence-electron chi connectivity index (χ2n) is 31.5. The van der Waals surface area contributed by atoms with Crippen LogP contribution in [0.15, 0.2) is 0 Å². The van der Waals surface area contributed by atoms with Crippen LogP contribution >= 0.6 is 11.6 Å². The molecule has 582 valence electrons. The summed E-state index contributed by atoms with van der Waals surface area (Å²) in [5.41, 5.74) is 0. The van der Waals surface area contributed by atoms with E-state index in [0.717, 1.165) is 56.3 Å². The highest BCUT2D eigenvalue weighted by atomic mass is 35.5. The molecule has 12 amide bonds. The molecule has 0 aromatic carbocycles. The summed E-state index contributed by atoms with van der Waals surface area (Å²) in [5, 5.41) is 32.6. The molecule has 27 heteroatoms. The summed E-state index contributed by atoms with van der Waals surface area (Å²) in [5.74, 6) is -9.21. The molecule has 26 nitrogen and oxygen atoms in total. The lowest BCUT2D eigenvalue weighted by atomic mass is 9.83. The Morgan fingerprint density at radius 3 is 1.58 bits per heavy atom. The van der Waals surface area contributed by atoms with Crippen LogP contribution in [0.4, 0.5) is 0 Å². The lowest BCUT2D eigenvalue weighted by Gasteiger charge is -2.40. The summed E-state index contributed by atoms with van der Waals surface area (Å²) >= 11 is 6.80. The predicted octanol–water partition coefficient (Wildman–Crippen LogP) is 5.45. The average molecular weight is 1460 g/mol. The molecule has 2 aliphatic heterocycles. The minimum Gasteiger partial charge on any atom is -0.396 e. The van der Waals surface area contributed by atoms with Crippen LogP contribution in [0.1, 0.15) is 224 Å². The Hall–Kier alpha value is -6.15. The van der Waals surface area contributed by atoms with Crippen LogP contribution in [-0.4, -0.2) is 267 Å². The summed E-state index contributed by atoms with van der Waals surface area (Å²) in [6.45, 7) is 19.1. The molecule has 0 bridgehead atoms. The van der Waals surface area contributed by atoms with Gasteiger partial charge in [0.2, 0.25) is 70.9 Å². The average Bonchev–Trinajstić information content (AvgIpc) is 0.815. The molecule has 2 saturated carbocycles. The number of carbonyl (C=O) groups excluding carboxylic acids is 12. The second kappa shape index (κ2) is 42.7. The molecule has 4 fully saturated rings. The van der Waals surface area contributed by atoms with Crippen molar-refractivity contribution in [3.05, 3.63) is 0 Å². The van der Waals surface area contributed by atoms with Crippen molar-refractivity contribution in [1.82, 2.24) is 60.5 Å². The highest BCUT2D eigenvalue weighted by Gasteiger charge is 2.45. The SMILES string of the molecule is CCCN1CC(=O)N(C)[C@@H](CC(C)C)C(=O)N[C@H](C(=O)N2CCCCC2)CC(=O)N(C)[C@@H](C)C(=O)N[C@@H](CCCCO)C(=O)N(C)[C@@H](CC(C)C)C(=O)N(C)[C@@H](CC2CCCC(Cl)C2)C(=O)N[C@@H](C(C)C)C(=O)N(C)[C@@H](CCC2CCCCC2)C(=O)N(C)[C@@H](CC(C)C)C(=O)N[C@@H]([C@@H](C)O)C1=O. The fourth-order valence-corrected chi connectivity index (χ4v) is 15.3. The van der Waals surface area contributed by atoms with Crippen LogP contribution in [-0.2, 0) is 57.5 Å². The Bertz CT molecular complexity index is 2780. The normalized spacial score (nSPS) is 28.3. The number of likely N-dealkylation sites (tertiary alicyclic amines) is 1. The Morgan fingerprint density at radius 1 is 0.510 bits per heavy atom. The maximum absolute atomic E-state index is 15.6. The number of rotatable bonds is 20. The van der Waals surface area contributed by atoms with E-state index in [9.17, 15) is 39.0 Å². The lowest BCUT2D eigenvalue weighted by molar-refractivity contribution is -0.152. The van der Waals surface area contributed by atoms with Crippen LogP contribution in [0.2, 0.25) is 0 Å². The molecule has 0 spiro atoms. The van der Waals surface area contributed by atoms with E-state index >= 15 is 28.8 Å². The second-order valence-corrected chi connectivity index (χ2v) is 32.2. The molecule has 13 atom stereocenters. The van der Waals surface area contributed by atoms with E-state index in [1.165, 1.54) is 85.5 Å². The van der Waals surface area contributed by atoms with Crippen LogP contribution in [0.25, 0.3) is 0 Å². The van der Waals surface area contributed by atoms with E-state index in [1.807, 2.05) is 41.5 Å². The molecule has 0 aromatic heterocycles. The maximum atomic E-state index is 15.6. The largest absolute Gasteiger partial charge is 0.396 e. The van der Waals surface area contributed by atoms with Gasteiger partial charge in [-0.3, -0.25) is 57.5 Å². The van der Waals surface area contributed by atoms with E-state index in [1.54, 1.807) is 25.7 Å². The molecule has 4 rings (SSSR count). The van der Waals surface area contributed by atoms with Crippen LogP contribution < -0.4 is 21.3 Å². The third-order valence-electron chi connectivity index (χ3n) is 21.5. The number of halogens is 1. The molecule has 0 aromatic rings. The number of aliphatic hydroxyl groups is 2. The number of piperidine rings is 1. The van der Waals surface area contributed by atoms with Gasteiger partial charge in [-0.05, 0) is 146 Å². The molecule has 6 N–H and O–H groups in total. The molecule has 2 aliphatic carbocycles. The first-order chi connectivity index (χ1) is 48.0. The smallest absolute Gasteiger partial charge is 0.248 e. The zero-order valence-corrected chi connectivity index (χ0v) is 65.7. The van der Waals surface area contributed by atoms with Crippen LogP contribution in [0.5, 0.6) is 0 Å². The molecule has 2 unspecified atom stereocenters. The highest BCUT2D eigenvalue weighted by Crippen LogP contribution is 2.34. The van der Waals surface area contributed by atoms with Crippen molar-refractivity contribution in [3.8, 4) is 0 Å². The topological polar surface area (TPSA) is 319 Å². The standard InChI is InChI=1S/C75H131ClN12O14/c1-18-35-88-45-63(92)82(13)58(39-46(2)3)67(94)78-56(71(98)87-36-24-20-25-37-87)44-62(91)81(12)50(10)66(93)77-55(32-23-26-38-89)70(97)86(17)61(41-48(6)7)73(100)85(16)60(43-53-30-27-31-54(76)42-53)69(96)79-64(49(8)9)74(101)83(14)57(34-33-52-28-21-19-22-29-52)72(99)84(15)59(40-47(4)5)68(95)80-65(51(11)90)75(88)102/h46-61,64-65,89-90H,18-45H2,1-17H3,(H,77,93)(H,78,94)(H,79,96)(H,80,95)/t50-,51+,53?,54?,55-,56-,57-,58-,59-,60-,61-,64-,65-/m0/s1. The monoisotopic (exact) mass is 1460 g/mol. The van der Waals surface area contributed by atoms with Crippen molar-refractivity contribution in [3.63, 3.8) is 0 Å². The molecule has 2 saturated heterocycles. The first-order valence-corrected chi connectivity index (χ1v) is 38.7. The molecule has 2 heterocycles. The number of amides is 12. The highest BCUT2D eigenvalue weighted by molar-refractivity contribution is 6.20. The first-order valence-electron chi connectivity index (χ1n) is 38.3. The van der Waals surface area contributed by atoms with Gasteiger partial charge in [-0.25, -0.2) is 0 Å². The predicted molar refractivity (Wildman–Crippen MR) is 393 cm³/mol. The van der Waals surface area contributed by atoms with Crippen molar-refractivity contribution < 1.29 is 67.7 Å². The summed E-state index contributed by atoms with van der Waals surface area (Å²) in [7, 11) is 8.71. The molecule has 0 radical (unpaired) electrons. The number of carbonyl (C=O) groups is 12. The zero-order chi connectivity index (χ0) is 76.6. The Kier molecular flexibility index (Phi) is 37.0. The van der Waals surface area contributed by atoms with Gasteiger partial charge in [0.1, 0.15) is 60.4 Å². The third kappa shape index (κ3) is 25.9. The van der Waals surface area contributed by atoms with Crippen molar-refractivity contribution in [2.45, 2.75) is 296 Å². The van der Waals surface area contributed by atoms with Crippen molar-refractivity contribution in [1.29, 1.82) is 0 Å². The summed E-state index contributed by atoms with van der Waals surface area (Å²) in [6, 6.07) is -13.0. The van der Waals surface area contributed by atoms with E-state index in [0.29, 0.717) is 51.6 Å². The van der Waals surface area contributed by atoms with Crippen LogP contribution in [0.3, 0.4) is 0 Å². The van der Waals surface area contributed by atoms with E-state index in [-0.39, 0.29) is 99.5 Å². The van der Waals surface area contributed by atoms with Gasteiger partial charge >= 0.3 is 0 Å². The van der Waals surface area contributed by atoms with Crippen molar-refractivity contribution in [2.24, 2.45) is 35.5 Å². The number of alkyl halides is 1. The lowest BCUT2D eigenvalue weighted by Crippen LogP contribution is -2.62. The number of nitrogens with one attached hydrogen (secondary N) is 4. The van der Waals surface area contributed by atoms with Crippen LogP contribution in [0, 0.1) is 35.5 Å². The number of likely N-dealkylation sites (N-methyl/N-ethyl adjacent to an activating group) is 6. The summed E-state index contributed by atoms with van der Waals surface area (Å²) in [4.78, 5) is 191. The zero-order valence-electron chi connectivity index (χ0n) is 64.9. The van der Waals surface area contributed by atoms with E-state index in [4.69, 9.17) is 11.6 Å². The molecular weight excluding hydrogens is 1330 g/mol. The number of nitrogens with zero attached hydrogens (tertiary/aromatic N) is 8. The maximum Gasteiger partial charge on any atom is 0.248 e. The van der Waals surface area contributed by atoms with Crippen molar-refractivity contribution in [2.75, 3.05) is 75.1 Å². The number of hydrogen-bond acceptors (Lipinski definition) is 14. The fraction of sp³-hybridized carbons (Fsp3) is 0.840. The van der Waals surface area contributed by atoms with Gasteiger partial charge < -0.3 is 70.7 Å². The third-order valence-corrected chi connectivity index (χ3v) is 21.9. The number of aliphatic hydroxyl groups excluding tert-OH is 2. The minimum absolute atomic E-state index is 0.0170. The van der Waals surface area contributed by atoms with E-state index < -0.39 is 156 Å². The summed E-state index contributed by atoms with van der Waals surface area (Å²) < 4.78 is 0. The molecule has 4 aliphatic rings. The van der Waals surface area contributed by atoms with Gasteiger partial charge in [0.25, 0.3) is 0 Å². The van der Waals surface area contributed by atoms with Gasteiger partial charge in [-0.2, -0.15) is 0 Å². The number of unbranched alkanes of at least 4 members (excludes halogenated alkanes) is 1. The summed E-state index contributed by atoms with van der Waals surface area (Å²) in [6.07, 6.45) is 9.95. The molecular formula is C75H131ClN12O14. The van der Waals surface area contributed by atoms with Gasteiger partial charge in [0, 0.05) is 73.9 Å².